The third-order valence-corrected chi connectivity index (χ3v) is 0.553. The van der Waals surface area contributed by atoms with Gasteiger partial charge in [0.1, 0.15) is 0 Å². The molecular weight excluding hydrogens is 94.1 g/mol. The van der Waals surface area contributed by atoms with Crippen molar-refractivity contribution in [1.29, 1.82) is 0 Å². The van der Waals surface area contributed by atoms with Crippen LogP contribution in [-0.4, -0.2) is 12.6 Å². The SMILES string of the molecule is C=NC(C)(N)ON. The number of rotatable bonds is 2. The normalized spacial score (nSPS) is 18.1. The maximum Gasteiger partial charge on any atom is 0.227 e. The molecule has 0 heterocycles. The number of hydrogen-bond donors (Lipinski definition) is 2. The van der Waals surface area contributed by atoms with E-state index >= 15 is 0 Å². The maximum absolute atomic E-state index is 5.14. The molecule has 0 aromatic heterocycles. The van der Waals surface area contributed by atoms with Crippen LogP contribution in [-0.2, 0) is 4.84 Å². The van der Waals surface area contributed by atoms with Crippen molar-refractivity contribution in [2.24, 2.45) is 16.6 Å². The van der Waals surface area contributed by atoms with Crippen LogP contribution in [0.4, 0.5) is 0 Å². The lowest BCUT2D eigenvalue weighted by atomic mass is 10.5. The molecule has 0 radical (unpaired) electrons. The van der Waals surface area contributed by atoms with Gasteiger partial charge in [-0.1, -0.05) is 0 Å². The monoisotopic (exact) mass is 103 g/mol. The smallest absolute Gasteiger partial charge is 0.227 e. The zero-order valence-corrected chi connectivity index (χ0v) is 4.22. The molecule has 4 N–H and O–H groups in total. The maximum atomic E-state index is 5.14. The van der Waals surface area contributed by atoms with Gasteiger partial charge in [0.25, 0.3) is 0 Å². The summed E-state index contributed by atoms with van der Waals surface area (Å²) >= 11 is 0. The lowest BCUT2D eigenvalue weighted by molar-refractivity contribution is -0.0211. The molecule has 7 heavy (non-hydrogen) atoms. The average molecular weight is 103 g/mol. The Morgan fingerprint density at radius 1 is 1.86 bits per heavy atom. The van der Waals surface area contributed by atoms with Gasteiger partial charge in [0, 0.05) is 6.92 Å². The van der Waals surface area contributed by atoms with Crippen LogP contribution < -0.4 is 11.6 Å². The van der Waals surface area contributed by atoms with Crippen LogP contribution in [0.25, 0.3) is 0 Å². The molecule has 1 atom stereocenters. The Morgan fingerprint density at radius 2 is 2.29 bits per heavy atom. The van der Waals surface area contributed by atoms with Gasteiger partial charge in [0.15, 0.2) is 0 Å². The highest BCUT2D eigenvalue weighted by atomic mass is 16.7. The minimum atomic E-state index is -1.12. The average Bonchev–Trinajstić information content (AvgIpc) is 1.68. The molecule has 0 aliphatic rings. The van der Waals surface area contributed by atoms with Crippen molar-refractivity contribution >= 4 is 6.72 Å². The second-order valence-corrected chi connectivity index (χ2v) is 1.33. The Bertz CT molecular complexity index is 70.6. The summed E-state index contributed by atoms with van der Waals surface area (Å²) in [7, 11) is 0. The predicted octanol–water partition coefficient (Wildman–Crippen LogP) is -0.790. The molecule has 4 nitrogen and oxygen atoms in total. The molecule has 0 saturated carbocycles. The van der Waals surface area contributed by atoms with Crippen LogP contribution in [0.5, 0.6) is 0 Å². The first kappa shape index (κ1) is 6.55. The molecule has 0 aromatic rings. The Labute approximate surface area is 42.1 Å². The fourth-order valence-corrected chi connectivity index (χ4v) is 0.0373. The highest BCUT2D eigenvalue weighted by Crippen LogP contribution is 1.94. The van der Waals surface area contributed by atoms with Crippen molar-refractivity contribution in [2.45, 2.75) is 12.8 Å². The zero-order valence-electron chi connectivity index (χ0n) is 4.22. The number of nitrogens with zero attached hydrogens (tertiary/aromatic N) is 1. The number of nitrogens with two attached hydrogens (primary N) is 2. The molecule has 0 spiro atoms. The van der Waals surface area contributed by atoms with Gasteiger partial charge in [-0.3, -0.25) is 15.6 Å². The lowest BCUT2D eigenvalue weighted by Gasteiger charge is -2.13. The summed E-state index contributed by atoms with van der Waals surface area (Å²) in [6.45, 7) is 4.62. The van der Waals surface area contributed by atoms with E-state index in [9.17, 15) is 0 Å². The van der Waals surface area contributed by atoms with Crippen LogP contribution >= 0.6 is 0 Å². The third-order valence-electron chi connectivity index (χ3n) is 0.553. The molecule has 0 bridgehead atoms. The summed E-state index contributed by atoms with van der Waals surface area (Å²) in [6.07, 6.45) is 0. The topological polar surface area (TPSA) is 73.6 Å². The van der Waals surface area contributed by atoms with Gasteiger partial charge in [0.05, 0.1) is 0 Å². The van der Waals surface area contributed by atoms with Gasteiger partial charge < -0.3 is 0 Å². The Morgan fingerprint density at radius 3 is 2.29 bits per heavy atom. The molecule has 0 amide bonds. The van der Waals surface area contributed by atoms with Crippen LogP contribution in [0.15, 0.2) is 4.99 Å². The molecule has 4 heteroatoms. The first-order chi connectivity index (χ1) is 3.12. The molecule has 1 unspecified atom stereocenters. The quantitative estimate of drug-likeness (QED) is 0.273. The molecule has 42 valence electrons. The van der Waals surface area contributed by atoms with Gasteiger partial charge in [-0.2, -0.15) is 0 Å². The highest BCUT2D eigenvalue weighted by molar-refractivity contribution is 5.24. The molecule has 0 aromatic carbocycles. The largest absolute Gasteiger partial charge is 0.283 e. The second-order valence-electron chi connectivity index (χ2n) is 1.33. The van der Waals surface area contributed by atoms with Crippen molar-refractivity contribution in [3.63, 3.8) is 0 Å². The van der Waals surface area contributed by atoms with E-state index in [-0.39, 0.29) is 0 Å². The van der Waals surface area contributed by atoms with Gasteiger partial charge in [-0.15, -0.1) is 0 Å². The van der Waals surface area contributed by atoms with E-state index in [2.05, 4.69) is 22.4 Å². The van der Waals surface area contributed by atoms with E-state index in [1.807, 2.05) is 0 Å². The molecular formula is C3H9N3O. The van der Waals surface area contributed by atoms with E-state index < -0.39 is 5.85 Å². The van der Waals surface area contributed by atoms with Crippen molar-refractivity contribution in [3.8, 4) is 0 Å². The van der Waals surface area contributed by atoms with Crippen molar-refractivity contribution < 1.29 is 4.84 Å². The Kier molecular flexibility index (Phi) is 1.89. The van der Waals surface area contributed by atoms with Crippen molar-refractivity contribution in [3.05, 3.63) is 0 Å². The van der Waals surface area contributed by atoms with Crippen LogP contribution in [0.2, 0.25) is 0 Å². The van der Waals surface area contributed by atoms with Crippen molar-refractivity contribution in [1.82, 2.24) is 0 Å². The van der Waals surface area contributed by atoms with Crippen LogP contribution in [0.1, 0.15) is 6.92 Å². The van der Waals surface area contributed by atoms with Crippen molar-refractivity contribution in [2.75, 3.05) is 0 Å². The summed E-state index contributed by atoms with van der Waals surface area (Å²) < 4.78 is 0. The van der Waals surface area contributed by atoms with Gasteiger partial charge in [0.2, 0.25) is 5.85 Å². The first-order valence-electron chi connectivity index (χ1n) is 1.77. The zero-order chi connectivity index (χ0) is 5.91. The fraction of sp³-hybridized carbons (Fsp3) is 0.667. The fourth-order valence-electron chi connectivity index (χ4n) is 0.0373. The predicted molar refractivity (Wildman–Crippen MR) is 27.4 cm³/mol. The van der Waals surface area contributed by atoms with Gasteiger partial charge in [-0.05, 0) is 6.72 Å². The summed E-state index contributed by atoms with van der Waals surface area (Å²) in [5.74, 6) is 3.53. The number of hydrogen-bond acceptors (Lipinski definition) is 4. The minimum Gasteiger partial charge on any atom is -0.283 e. The summed E-state index contributed by atoms with van der Waals surface area (Å²) in [4.78, 5) is 7.45. The summed E-state index contributed by atoms with van der Waals surface area (Å²) in [5, 5.41) is 0. The molecule has 0 rings (SSSR count). The minimum absolute atomic E-state index is 1.12. The van der Waals surface area contributed by atoms with Crippen LogP contribution in [0.3, 0.4) is 0 Å². The van der Waals surface area contributed by atoms with Gasteiger partial charge in [-0.25, -0.2) is 5.90 Å². The van der Waals surface area contributed by atoms with E-state index in [0.29, 0.717) is 0 Å². The van der Waals surface area contributed by atoms with E-state index in [0.717, 1.165) is 0 Å². The van der Waals surface area contributed by atoms with E-state index in [1.165, 1.54) is 6.92 Å². The molecule has 0 aliphatic heterocycles. The third kappa shape index (κ3) is 2.27. The van der Waals surface area contributed by atoms with E-state index in [1.54, 1.807) is 0 Å². The Balaban J connectivity index is 3.58. The summed E-state index contributed by atoms with van der Waals surface area (Å²) in [6, 6.07) is 0. The highest BCUT2D eigenvalue weighted by Gasteiger charge is 2.11. The molecule has 0 aliphatic carbocycles. The van der Waals surface area contributed by atoms with E-state index in [4.69, 9.17) is 5.73 Å². The molecule has 0 saturated heterocycles. The lowest BCUT2D eigenvalue weighted by Crippen LogP contribution is -2.39. The second kappa shape index (κ2) is 2.02. The van der Waals surface area contributed by atoms with Crippen LogP contribution in [0, 0.1) is 0 Å². The first-order valence-corrected chi connectivity index (χ1v) is 1.77. The Hall–Kier alpha value is -0.450. The number of aliphatic imine (C=N–C) groups is 1. The standard InChI is InChI=1S/C3H9N3O/c1-3(4,6-2)7-5/h2,4-5H2,1H3. The van der Waals surface area contributed by atoms with Gasteiger partial charge >= 0.3 is 0 Å². The molecule has 0 fully saturated rings. The summed E-state index contributed by atoms with van der Waals surface area (Å²) in [5.41, 5.74) is 5.14.